The molecule has 4 heteroatoms. The van der Waals surface area contributed by atoms with Crippen LogP contribution in [-0.2, 0) is 4.74 Å². The van der Waals surface area contributed by atoms with E-state index in [1.807, 2.05) is 26.0 Å². The lowest BCUT2D eigenvalue weighted by Gasteiger charge is -2.28. The topological polar surface area (TPSA) is 34.4 Å². The molecule has 0 aliphatic heterocycles. The fourth-order valence-electron chi connectivity index (χ4n) is 2.39. The molecule has 1 heterocycles. The SMILES string of the molecule is CCCNC(CC(C)(C)OC)c1cc2cccc(F)c2o1. The molecule has 0 radical (unpaired) electrons. The van der Waals surface area contributed by atoms with Crippen LogP contribution < -0.4 is 5.32 Å². The van der Waals surface area contributed by atoms with Crippen LogP contribution in [0.15, 0.2) is 28.7 Å². The molecule has 0 spiro atoms. The molecule has 1 unspecified atom stereocenters. The first-order valence-electron chi connectivity index (χ1n) is 7.43. The van der Waals surface area contributed by atoms with Gasteiger partial charge in [-0.2, -0.15) is 0 Å². The lowest BCUT2D eigenvalue weighted by atomic mass is 9.97. The summed E-state index contributed by atoms with van der Waals surface area (Å²) in [5.74, 6) is 0.438. The van der Waals surface area contributed by atoms with Crippen molar-refractivity contribution in [3.8, 4) is 0 Å². The van der Waals surface area contributed by atoms with Gasteiger partial charge in [-0.15, -0.1) is 0 Å². The van der Waals surface area contributed by atoms with Crippen LogP contribution in [0.4, 0.5) is 4.39 Å². The summed E-state index contributed by atoms with van der Waals surface area (Å²) in [7, 11) is 1.70. The number of hydrogen-bond acceptors (Lipinski definition) is 3. The van der Waals surface area contributed by atoms with E-state index in [-0.39, 0.29) is 17.5 Å². The minimum absolute atomic E-state index is 0.00620. The first-order chi connectivity index (χ1) is 9.96. The second-order valence-electron chi connectivity index (χ2n) is 5.98. The van der Waals surface area contributed by atoms with Crippen molar-refractivity contribution in [2.24, 2.45) is 0 Å². The third-order valence-corrected chi connectivity index (χ3v) is 3.75. The Morgan fingerprint density at radius 1 is 1.38 bits per heavy atom. The Morgan fingerprint density at radius 3 is 2.76 bits per heavy atom. The van der Waals surface area contributed by atoms with E-state index in [4.69, 9.17) is 9.15 Å². The Labute approximate surface area is 125 Å². The molecule has 1 aromatic heterocycles. The molecule has 0 amide bonds. The standard InChI is InChI=1S/C17H24FNO2/c1-5-9-19-14(11-17(2,3)20-4)15-10-12-7-6-8-13(18)16(12)21-15/h6-8,10,14,19H,5,9,11H2,1-4H3. The number of nitrogens with one attached hydrogen (secondary N) is 1. The molecule has 3 nitrogen and oxygen atoms in total. The maximum Gasteiger partial charge on any atom is 0.169 e. The molecular weight excluding hydrogens is 269 g/mol. The van der Waals surface area contributed by atoms with E-state index < -0.39 is 0 Å². The highest BCUT2D eigenvalue weighted by atomic mass is 19.1. The first-order valence-corrected chi connectivity index (χ1v) is 7.43. The van der Waals surface area contributed by atoms with Crippen LogP contribution >= 0.6 is 0 Å². The van der Waals surface area contributed by atoms with Gasteiger partial charge in [0, 0.05) is 12.5 Å². The van der Waals surface area contributed by atoms with Gasteiger partial charge in [-0.3, -0.25) is 0 Å². The van der Waals surface area contributed by atoms with Crippen LogP contribution in [-0.4, -0.2) is 19.3 Å². The van der Waals surface area contributed by atoms with E-state index in [2.05, 4.69) is 12.2 Å². The van der Waals surface area contributed by atoms with Gasteiger partial charge in [0.25, 0.3) is 0 Å². The summed E-state index contributed by atoms with van der Waals surface area (Å²) in [6, 6.07) is 6.90. The molecule has 0 aliphatic carbocycles. The average molecular weight is 293 g/mol. The van der Waals surface area contributed by atoms with E-state index in [1.165, 1.54) is 6.07 Å². The van der Waals surface area contributed by atoms with Crippen molar-refractivity contribution in [1.82, 2.24) is 5.32 Å². The van der Waals surface area contributed by atoms with Crippen molar-refractivity contribution < 1.29 is 13.5 Å². The number of benzene rings is 1. The van der Waals surface area contributed by atoms with Crippen LogP contribution in [0.2, 0.25) is 0 Å². The van der Waals surface area contributed by atoms with E-state index in [9.17, 15) is 4.39 Å². The van der Waals surface area contributed by atoms with Crippen molar-refractivity contribution in [3.05, 3.63) is 35.8 Å². The number of methoxy groups -OCH3 is 1. The van der Waals surface area contributed by atoms with Crippen LogP contribution in [0, 0.1) is 5.82 Å². The zero-order valence-corrected chi connectivity index (χ0v) is 13.2. The number of hydrogen-bond donors (Lipinski definition) is 1. The molecule has 0 saturated carbocycles. The summed E-state index contributed by atoms with van der Waals surface area (Å²) in [4.78, 5) is 0. The van der Waals surface area contributed by atoms with Gasteiger partial charge in [0.05, 0.1) is 11.6 Å². The Balaban J connectivity index is 2.31. The normalized spacial score (nSPS) is 13.8. The Bertz CT molecular complexity index is 591. The summed E-state index contributed by atoms with van der Waals surface area (Å²) in [5, 5.41) is 4.26. The molecule has 0 fully saturated rings. The van der Waals surface area contributed by atoms with Crippen molar-refractivity contribution in [2.45, 2.75) is 45.3 Å². The maximum absolute atomic E-state index is 13.8. The van der Waals surface area contributed by atoms with E-state index in [0.717, 1.165) is 30.5 Å². The Morgan fingerprint density at radius 2 is 2.14 bits per heavy atom. The van der Waals surface area contributed by atoms with Gasteiger partial charge in [0.2, 0.25) is 0 Å². The second kappa shape index (κ2) is 6.58. The number of para-hydroxylation sites is 1. The summed E-state index contributed by atoms with van der Waals surface area (Å²) in [6.07, 6.45) is 1.78. The van der Waals surface area contributed by atoms with Crippen LogP contribution in [0.25, 0.3) is 11.0 Å². The predicted octanol–water partition coefficient (Wildman–Crippen LogP) is 4.43. The van der Waals surface area contributed by atoms with Crippen molar-refractivity contribution in [3.63, 3.8) is 0 Å². The molecule has 0 bridgehead atoms. The lowest BCUT2D eigenvalue weighted by Crippen LogP contribution is -2.32. The number of fused-ring (bicyclic) bond motifs is 1. The molecule has 0 aliphatic rings. The molecule has 1 atom stereocenters. The highest BCUT2D eigenvalue weighted by Gasteiger charge is 2.26. The summed E-state index contributed by atoms with van der Waals surface area (Å²) >= 11 is 0. The van der Waals surface area contributed by atoms with Gasteiger partial charge >= 0.3 is 0 Å². The highest BCUT2D eigenvalue weighted by molar-refractivity contribution is 5.78. The quantitative estimate of drug-likeness (QED) is 0.820. The lowest BCUT2D eigenvalue weighted by molar-refractivity contribution is 0.00515. The molecule has 116 valence electrons. The molecule has 2 rings (SSSR count). The van der Waals surface area contributed by atoms with E-state index in [0.29, 0.717) is 5.58 Å². The maximum atomic E-state index is 13.8. The van der Waals surface area contributed by atoms with Gasteiger partial charge in [0.15, 0.2) is 11.4 Å². The smallest absolute Gasteiger partial charge is 0.169 e. The van der Waals surface area contributed by atoms with Crippen LogP contribution in [0.5, 0.6) is 0 Å². The van der Waals surface area contributed by atoms with Gasteiger partial charge in [0.1, 0.15) is 5.76 Å². The fraction of sp³-hybridized carbons (Fsp3) is 0.529. The zero-order valence-electron chi connectivity index (χ0n) is 13.2. The molecular formula is C17H24FNO2. The monoisotopic (exact) mass is 293 g/mol. The Hall–Kier alpha value is -1.39. The molecule has 1 N–H and O–H groups in total. The van der Waals surface area contributed by atoms with Gasteiger partial charge in [-0.1, -0.05) is 19.1 Å². The zero-order chi connectivity index (χ0) is 15.5. The fourth-order valence-corrected chi connectivity index (χ4v) is 2.39. The van der Waals surface area contributed by atoms with Crippen LogP contribution in [0.1, 0.15) is 45.4 Å². The van der Waals surface area contributed by atoms with Gasteiger partial charge in [-0.05, 0) is 45.4 Å². The van der Waals surface area contributed by atoms with Crippen molar-refractivity contribution >= 4 is 11.0 Å². The summed E-state index contributed by atoms with van der Waals surface area (Å²) < 4.78 is 25.0. The summed E-state index contributed by atoms with van der Waals surface area (Å²) in [6.45, 7) is 7.07. The third-order valence-electron chi connectivity index (χ3n) is 3.75. The molecule has 2 aromatic rings. The van der Waals surface area contributed by atoms with Crippen molar-refractivity contribution in [2.75, 3.05) is 13.7 Å². The first kappa shape index (κ1) is 16.0. The Kier molecular flexibility index (Phi) is 5.01. The van der Waals surface area contributed by atoms with Gasteiger partial charge < -0.3 is 14.5 Å². The summed E-state index contributed by atoms with van der Waals surface area (Å²) in [5.41, 5.74) is 0.0501. The number of rotatable bonds is 7. The molecule has 21 heavy (non-hydrogen) atoms. The number of furan rings is 1. The highest BCUT2D eigenvalue weighted by Crippen LogP contribution is 2.31. The van der Waals surface area contributed by atoms with Crippen molar-refractivity contribution in [1.29, 1.82) is 0 Å². The second-order valence-corrected chi connectivity index (χ2v) is 5.98. The average Bonchev–Trinajstić information content (AvgIpc) is 2.89. The van der Waals surface area contributed by atoms with Crippen LogP contribution in [0.3, 0.4) is 0 Å². The van der Waals surface area contributed by atoms with Gasteiger partial charge in [-0.25, -0.2) is 4.39 Å². The molecule has 0 saturated heterocycles. The minimum atomic E-state index is -0.320. The largest absolute Gasteiger partial charge is 0.456 e. The minimum Gasteiger partial charge on any atom is -0.456 e. The molecule has 1 aromatic carbocycles. The van der Waals surface area contributed by atoms with E-state index >= 15 is 0 Å². The third kappa shape index (κ3) is 3.83. The number of halogens is 1. The predicted molar refractivity (Wildman–Crippen MR) is 82.9 cm³/mol. The number of ether oxygens (including phenoxy) is 1. The van der Waals surface area contributed by atoms with E-state index in [1.54, 1.807) is 13.2 Å².